The molecular weight excluding hydrogens is 290 g/mol. The molecule has 0 unspecified atom stereocenters. The molecule has 2 aromatic carbocycles. The summed E-state index contributed by atoms with van der Waals surface area (Å²) in [4.78, 5) is 0. The van der Waals surface area contributed by atoms with E-state index in [4.69, 9.17) is 4.74 Å². The minimum Gasteiger partial charge on any atom is -0.486 e. The molecule has 1 nitrogen and oxygen atoms in total. The van der Waals surface area contributed by atoms with Crippen molar-refractivity contribution in [1.29, 1.82) is 0 Å². The van der Waals surface area contributed by atoms with Gasteiger partial charge in [0.2, 0.25) is 0 Å². The number of hydrogen-bond donors (Lipinski definition) is 0. The van der Waals surface area contributed by atoms with Crippen LogP contribution in [0.2, 0.25) is 0 Å². The average molecular weight is 299 g/mol. The minimum absolute atomic E-state index is 0.130. The fourth-order valence-corrected chi connectivity index (χ4v) is 1.72. The van der Waals surface area contributed by atoms with Crippen molar-refractivity contribution in [3.05, 3.63) is 64.1 Å². The first kappa shape index (κ1) is 12.0. The van der Waals surface area contributed by atoms with Gasteiger partial charge in [0.1, 0.15) is 12.4 Å². The van der Waals surface area contributed by atoms with Crippen LogP contribution in [0.5, 0.6) is 5.75 Å². The van der Waals surface area contributed by atoms with Gasteiger partial charge in [-0.05, 0) is 35.9 Å². The first-order valence-corrected chi connectivity index (χ1v) is 5.77. The molecule has 0 radical (unpaired) electrons. The maximum Gasteiger partial charge on any atom is 0.165 e. The van der Waals surface area contributed by atoms with Gasteiger partial charge in [-0.25, -0.2) is 8.78 Å². The lowest BCUT2D eigenvalue weighted by atomic mass is 10.2. The van der Waals surface area contributed by atoms with Gasteiger partial charge < -0.3 is 4.74 Å². The Labute approximate surface area is 106 Å². The number of ether oxygens (including phenoxy) is 1. The van der Waals surface area contributed by atoms with Crippen molar-refractivity contribution in [2.24, 2.45) is 0 Å². The van der Waals surface area contributed by atoms with Crippen molar-refractivity contribution >= 4 is 15.9 Å². The van der Waals surface area contributed by atoms with Crippen LogP contribution in [0.25, 0.3) is 0 Å². The molecule has 88 valence electrons. The second-order valence-electron chi connectivity index (χ2n) is 3.49. The van der Waals surface area contributed by atoms with Crippen molar-refractivity contribution in [2.75, 3.05) is 0 Å². The molecule has 0 saturated heterocycles. The summed E-state index contributed by atoms with van der Waals surface area (Å²) >= 11 is 3.23. The summed E-state index contributed by atoms with van der Waals surface area (Å²) in [6.07, 6.45) is 0. The van der Waals surface area contributed by atoms with Gasteiger partial charge in [0.25, 0.3) is 0 Å². The van der Waals surface area contributed by atoms with E-state index in [1.54, 1.807) is 18.2 Å². The van der Waals surface area contributed by atoms with Gasteiger partial charge in [-0.2, -0.15) is 0 Å². The maximum absolute atomic E-state index is 13.3. The quantitative estimate of drug-likeness (QED) is 0.820. The monoisotopic (exact) mass is 298 g/mol. The van der Waals surface area contributed by atoms with Crippen molar-refractivity contribution in [1.82, 2.24) is 0 Å². The molecule has 0 bridgehead atoms. The molecule has 0 amide bonds. The van der Waals surface area contributed by atoms with E-state index in [2.05, 4.69) is 15.9 Å². The summed E-state index contributed by atoms with van der Waals surface area (Å²) in [6, 6.07) is 10.5. The van der Waals surface area contributed by atoms with E-state index >= 15 is 0 Å². The van der Waals surface area contributed by atoms with E-state index in [0.29, 0.717) is 5.56 Å². The van der Waals surface area contributed by atoms with E-state index in [1.807, 2.05) is 0 Å². The number of halogens is 3. The molecule has 0 heterocycles. The molecule has 4 heteroatoms. The van der Waals surface area contributed by atoms with E-state index < -0.39 is 5.82 Å². The van der Waals surface area contributed by atoms with Gasteiger partial charge in [-0.15, -0.1) is 0 Å². The Hall–Kier alpha value is -1.42. The zero-order valence-electron chi connectivity index (χ0n) is 8.79. The molecule has 0 aliphatic carbocycles. The summed E-state index contributed by atoms with van der Waals surface area (Å²) < 4.78 is 32.2. The van der Waals surface area contributed by atoms with Gasteiger partial charge in [0.15, 0.2) is 11.6 Å². The molecule has 2 rings (SSSR count). The van der Waals surface area contributed by atoms with Crippen LogP contribution in [0, 0.1) is 11.6 Å². The molecule has 0 aliphatic heterocycles. The lowest BCUT2D eigenvalue weighted by Crippen LogP contribution is -1.97. The van der Waals surface area contributed by atoms with Crippen LogP contribution in [-0.2, 0) is 6.61 Å². The molecule has 2 aromatic rings. The van der Waals surface area contributed by atoms with Crippen molar-refractivity contribution < 1.29 is 13.5 Å². The Morgan fingerprint density at radius 3 is 2.65 bits per heavy atom. The zero-order chi connectivity index (χ0) is 12.3. The van der Waals surface area contributed by atoms with Crippen LogP contribution in [0.3, 0.4) is 0 Å². The molecule has 17 heavy (non-hydrogen) atoms. The second kappa shape index (κ2) is 5.27. The molecule has 0 fully saturated rings. The molecule has 0 aliphatic rings. The third kappa shape index (κ3) is 3.27. The summed E-state index contributed by atoms with van der Waals surface area (Å²) in [7, 11) is 0. The van der Waals surface area contributed by atoms with Crippen LogP contribution in [0.1, 0.15) is 5.56 Å². The highest BCUT2D eigenvalue weighted by Crippen LogP contribution is 2.23. The second-order valence-corrected chi connectivity index (χ2v) is 4.41. The van der Waals surface area contributed by atoms with Gasteiger partial charge in [-0.1, -0.05) is 28.1 Å². The predicted molar refractivity (Wildman–Crippen MR) is 64.8 cm³/mol. The maximum atomic E-state index is 13.3. The lowest BCUT2D eigenvalue weighted by molar-refractivity contribution is 0.289. The number of rotatable bonds is 3. The summed E-state index contributed by atoms with van der Waals surface area (Å²) in [5.74, 6) is -0.631. The van der Waals surface area contributed by atoms with Gasteiger partial charge in [0.05, 0.1) is 0 Å². The van der Waals surface area contributed by atoms with Crippen molar-refractivity contribution in [2.45, 2.75) is 6.61 Å². The molecule has 0 atom stereocenters. The SMILES string of the molecule is Fc1cccc(COc2cc(Br)ccc2F)c1. The van der Waals surface area contributed by atoms with Crippen LogP contribution >= 0.6 is 15.9 Å². The first-order valence-electron chi connectivity index (χ1n) is 4.97. The Bertz CT molecular complexity index is 529. The van der Waals surface area contributed by atoms with Gasteiger partial charge in [0, 0.05) is 4.47 Å². The molecule has 0 saturated carbocycles. The number of benzene rings is 2. The Kier molecular flexibility index (Phi) is 3.74. The standard InChI is InChI=1S/C13H9BrF2O/c14-10-4-5-12(16)13(7-10)17-8-9-2-1-3-11(15)6-9/h1-7H,8H2. The Morgan fingerprint density at radius 1 is 1.06 bits per heavy atom. The first-order chi connectivity index (χ1) is 8.15. The van der Waals surface area contributed by atoms with Crippen LogP contribution < -0.4 is 4.74 Å². The minimum atomic E-state index is -0.440. The van der Waals surface area contributed by atoms with E-state index in [1.165, 1.54) is 24.3 Å². The van der Waals surface area contributed by atoms with Crippen LogP contribution in [0.4, 0.5) is 8.78 Å². The highest BCUT2D eigenvalue weighted by atomic mass is 79.9. The summed E-state index contributed by atoms with van der Waals surface area (Å²) in [5, 5.41) is 0. The fraction of sp³-hybridized carbons (Fsp3) is 0.0769. The number of hydrogen-bond acceptors (Lipinski definition) is 1. The lowest BCUT2D eigenvalue weighted by Gasteiger charge is -2.07. The largest absolute Gasteiger partial charge is 0.486 e. The van der Waals surface area contributed by atoms with E-state index in [9.17, 15) is 8.78 Å². The molecule has 0 N–H and O–H groups in total. The smallest absolute Gasteiger partial charge is 0.165 e. The molecular formula is C13H9BrF2O. The third-order valence-electron chi connectivity index (χ3n) is 2.18. The summed E-state index contributed by atoms with van der Waals surface area (Å²) in [6.45, 7) is 0.130. The highest BCUT2D eigenvalue weighted by molar-refractivity contribution is 9.10. The van der Waals surface area contributed by atoms with Crippen LogP contribution in [0.15, 0.2) is 46.9 Å². The molecule has 0 aromatic heterocycles. The highest BCUT2D eigenvalue weighted by Gasteiger charge is 2.04. The van der Waals surface area contributed by atoms with E-state index in [0.717, 1.165) is 4.47 Å². The normalized spacial score (nSPS) is 10.3. The van der Waals surface area contributed by atoms with E-state index in [-0.39, 0.29) is 18.2 Å². The topological polar surface area (TPSA) is 9.23 Å². The van der Waals surface area contributed by atoms with Gasteiger partial charge >= 0.3 is 0 Å². The zero-order valence-corrected chi connectivity index (χ0v) is 10.4. The third-order valence-corrected chi connectivity index (χ3v) is 2.67. The Morgan fingerprint density at radius 2 is 1.88 bits per heavy atom. The Balaban J connectivity index is 2.09. The summed E-state index contributed by atoms with van der Waals surface area (Å²) in [5.41, 5.74) is 0.657. The van der Waals surface area contributed by atoms with Crippen LogP contribution in [-0.4, -0.2) is 0 Å². The average Bonchev–Trinajstić information content (AvgIpc) is 2.30. The fourth-order valence-electron chi connectivity index (χ4n) is 1.38. The molecule has 0 spiro atoms. The van der Waals surface area contributed by atoms with Crippen molar-refractivity contribution in [3.8, 4) is 5.75 Å². The van der Waals surface area contributed by atoms with Gasteiger partial charge in [-0.3, -0.25) is 0 Å². The van der Waals surface area contributed by atoms with Crippen molar-refractivity contribution in [3.63, 3.8) is 0 Å². The predicted octanol–water partition coefficient (Wildman–Crippen LogP) is 4.31.